The second kappa shape index (κ2) is 7.01. The molecule has 3 N–H and O–H groups in total. The molecule has 2 rings (SSSR count). The predicted molar refractivity (Wildman–Crippen MR) is 75.1 cm³/mol. The maximum atomic E-state index is 5.67. The zero-order chi connectivity index (χ0) is 13.5. The fourth-order valence-electron chi connectivity index (χ4n) is 2.20. The molecule has 0 saturated heterocycles. The van der Waals surface area contributed by atoms with Crippen molar-refractivity contribution in [2.24, 2.45) is 5.84 Å². The Morgan fingerprint density at radius 2 is 2.32 bits per heavy atom. The molecule has 0 aromatic carbocycles. The second-order valence-corrected chi connectivity index (χ2v) is 4.60. The van der Waals surface area contributed by atoms with Gasteiger partial charge in [0.2, 0.25) is 0 Å². The average Bonchev–Trinajstić information content (AvgIpc) is 2.90. The molecule has 0 spiro atoms. The van der Waals surface area contributed by atoms with Crippen LogP contribution in [0.15, 0.2) is 36.9 Å². The van der Waals surface area contributed by atoms with Gasteiger partial charge in [-0.05, 0) is 30.9 Å². The van der Waals surface area contributed by atoms with Crippen molar-refractivity contribution in [2.75, 3.05) is 0 Å². The van der Waals surface area contributed by atoms with Crippen LogP contribution in [0.3, 0.4) is 0 Å². The van der Waals surface area contributed by atoms with Crippen LogP contribution in [0.2, 0.25) is 0 Å². The molecule has 2 aromatic rings. The quantitative estimate of drug-likeness (QED) is 0.588. The third-order valence-electron chi connectivity index (χ3n) is 3.17. The summed E-state index contributed by atoms with van der Waals surface area (Å²) in [4.78, 5) is 8.55. The van der Waals surface area contributed by atoms with Crippen molar-refractivity contribution in [3.8, 4) is 0 Å². The van der Waals surface area contributed by atoms with Crippen LogP contribution in [0.5, 0.6) is 0 Å². The number of nitrogens with one attached hydrogen (secondary N) is 1. The molecule has 2 heterocycles. The SMILES string of the molecule is CCCn1ccnc1C(CCc1cccnc1)NN. The highest BCUT2D eigenvalue weighted by atomic mass is 15.3. The Labute approximate surface area is 113 Å². The first-order valence-corrected chi connectivity index (χ1v) is 6.71. The number of aromatic nitrogens is 3. The lowest BCUT2D eigenvalue weighted by molar-refractivity contribution is 0.463. The molecule has 102 valence electrons. The molecule has 1 atom stereocenters. The van der Waals surface area contributed by atoms with E-state index in [0.717, 1.165) is 31.6 Å². The molecule has 1 unspecified atom stereocenters. The fraction of sp³-hybridized carbons (Fsp3) is 0.429. The van der Waals surface area contributed by atoms with Gasteiger partial charge in [0.25, 0.3) is 0 Å². The number of hydrogen-bond donors (Lipinski definition) is 2. The maximum Gasteiger partial charge on any atom is 0.127 e. The second-order valence-electron chi connectivity index (χ2n) is 4.60. The maximum absolute atomic E-state index is 5.67. The van der Waals surface area contributed by atoms with E-state index < -0.39 is 0 Å². The summed E-state index contributed by atoms with van der Waals surface area (Å²) in [5, 5.41) is 0. The Hall–Kier alpha value is -1.72. The lowest BCUT2D eigenvalue weighted by Crippen LogP contribution is -2.30. The average molecular weight is 259 g/mol. The Morgan fingerprint density at radius 3 is 3.00 bits per heavy atom. The summed E-state index contributed by atoms with van der Waals surface area (Å²) < 4.78 is 2.16. The molecule has 0 aliphatic rings. The monoisotopic (exact) mass is 259 g/mol. The molecule has 0 bridgehead atoms. The highest BCUT2D eigenvalue weighted by molar-refractivity contribution is 5.10. The summed E-state index contributed by atoms with van der Waals surface area (Å²) in [6.07, 6.45) is 10.4. The summed E-state index contributed by atoms with van der Waals surface area (Å²) in [7, 11) is 0. The van der Waals surface area contributed by atoms with Crippen molar-refractivity contribution in [2.45, 2.75) is 38.8 Å². The van der Waals surface area contributed by atoms with E-state index in [-0.39, 0.29) is 6.04 Å². The Kier molecular flexibility index (Phi) is 5.06. The molecule has 19 heavy (non-hydrogen) atoms. The van der Waals surface area contributed by atoms with Gasteiger partial charge >= 0.3 is 0 Å². The summed E-state index contributed by atoms with van der Waals surface area (Å²) in [5.41, 5.74) is 4.09. The zero-order valence-electron chi connectivity index (χ0n) is 11.3. The van der Waals surface area contributed by atoms with Crippen LogP contribution in [0.25, 0.3) is 0 Å². The van der Waals surface area contributed by atoms with E-state index in [4.69, 9.17) is 5.84 Å². The van der Waals surface area contributed by atoms with Gasteiger partial charge < -0.3 is 4.57 Å². The van der Waals surface area contributed by atoms with Gasteiger partial charge in [0.1, 0.15) is 5.82 Å². The van der Waals surface area contributed by atoms with Crippen LogP contribution < -0.4 is 11.3 Å². The Bertz CT molecular complexity index is 480. The number of hydrazine groups is 1. The van der Waals surface area contributed by atoms with Crippen LogP contribution in [-0.2, 0) is 13.0 Å². The predicted octanol–water partition coefficient (Wildman–Crippen LogP) is 1.83. The summed E-state index contributed by atoms with van der Waals surface area (Å²) >= 11 is 0. The number of hydrogen-bond acceptors (Lipinski definition) is 4. The number of imidazole rings is 1. The van der Waals surface area contributed by atoms with E-state index in [9.17, 15) is 0 Å². The third kappa shape index (κ3) is 3.62. The van der Waals surface area contributed by atoms with Crippen LogP contribution in [0, 0.1) is 0 Å². The van der Waals surface area contributed by atoms with Gasteiger partial charge in [-0.15, -0.1) is 0 Å². The Balaban J connectivity index is 2.01. The summed E-state index contributed by atoms with van der Waals surface area (Å²) in [6.45, 7) is 3.13. The molecule has 0 saturated carbocycles. The van der Waals surface area contributed by atoms with E-state index in [1.54, 1.807) is 6.20 Å². The first-order valence-electron chi connectivity index (χ1n) is 6.71. The van der Waals surface area contributed by atoms with Crippen molar-refractivity contribution in [3.05, 3.63) is 48.3 Å². The highest BCUT2D eigenvalue weighted by Gasteiger charge is 2.15. The number of nitrogens with two attached hydrogens (primary N) is 1. The first kappa shape index (κ1) is 13.7. The van der Waals surface area contributed by atoms with Gasteiger partial charge in [-0.3, -0.25) is 10.8 Å². The lowest BCUT2D eigenvalue weighted by Gasteiger charge is -2.17. The van der Waals surface area contributed by atoms with E-state index in [1.807, 2.05) is 24.7 Å². The minimum Gasteiger partial charge on any atom is -0.334 e. The molecule has 0 fully saturated rings. The minimum absolute atomic E-state index is 0.0711. The standard InChI is InChI=1S/C14H21N5/c1-2-9-19-10-8-17-14(19)13(18-15)6-5-12-4-3-7-16-11-12/h3-4,7-8,10-11,13,18H,2,5-6,9,15H2,1H3. The van der Waals surface area contributed by atoms with Crippen LogP contribution in [0.1, 0.15) is 37.2 Å². The minimum atomic E-state index is 0.0711. The molecule has 5 heteroatoms. The highest BCUT2D eigenvalue weighted by Crippen LogP contribution is 2.17. The summed E-state index contributed by atoms with van der Waals surface area (Å²) in [6, 6.07) is 4.11. The molecular formula is C14H21N5. The molecule has 0 amide bonds. The van der Waals surface area contributed by atoms with Crippen molar-refractivity contribution in [3.63, 3.8) is 0 Å². The van der Waals surface area contributed by atoms with Crippen LogP contribution in [0.4, 0.5) is 0 Å². The van der Waals surface area contributed by atoms with Gasteiger partial charge in [-0.25, -0.2) is 10.4 Å². The normalized spacial score (nSPS) is 12.5. The molecule has 0 aliphatic carbocycles. The molecular weight excluding hydrogens is 238 g/mol. The van der Waals surface area contributed by atoms with Gasteiger partial charge in [0.05, 0.1) is 6.04 Å². The fourth-order valence-corrected chi connectivity index (χ4v) is 2.20. The van der Waals surface area contributed by atoms with Gasteiger partial charge in [-0.1, -0.05) is 13.0 Å². The number of rotatable bonds is 7. The van der Waals surface area contributed by atoms with Gasteiger partial charge in [0.15, 0.2) is 0 Å². The van der Waals surface area contributed by atoms with E-state index in [2.05, 4.69) is 33.0 Å². The van der Waals surface area contributed by atoms with Gasteiger partial charge in [0, 0.05) is 31.3 Å². The molecule has 5 nitrogen and oxygen atoms in total. The van der Waals surface area contributed by atoms with Crippen molar-refractivity contribution in [1.82, 2.24) is 20.0 Å². The van der Waals surface area contributed by atoms with Crippen molar-refractivity contribution in [1.29, 1.82) is 0 Å². The van der Waals surface area contributed by atoms with Crippen LogP contribution >= 0.6 is 0 Å². The number of pyridine rings is 1. The van der Waals surface area contributed by atoms with Crippen molar-refractivity contribution < 1.29 is 0 Å². The summed E-state index contributed by atoms with van der Waals surface area (Å²) in [5.74, 6) is 6.68. The topological polar surface area (TPSA) is 68.8 Å². The zero-order valence-corrected chi connectivity index (χ0v) is 11.3. The van der Waals surface area contributed by atoms with Gasteiger partial charge in [-0.2, -0.15) is 0 Å². The van der Waals surface area contributed by atoms with E-state index >= 15 is 0 Å². The largest absolute Gasteiger partial charge is 0.334 e. The third-order valence-corrected chi connectivity index (χ3v) is 3.17. The lowest BCUT2D eigenvalue weighted by atomic mass is 10.1. The van der Waals surface area contributed by atoms with Crippen molar-refractivity contribution >= 4 is 0 Å². The molecule has 0 aliphatic heterocycles. The first-order chi connectivity index (χ1) is 9.35. The molecule has 0 radical (unpaired) electrons. The number of nitrogens with zero attached hydrogens (tertiary/aromatic N) is 3. The van der Waals surface area contributed by atoms with E-state index in [0.29, 0.717) is 0 Å². The van der Waals surface area contributed by atoms with Crippen LogP contribution in [-0.4, -0.2) is 14.5 Å². The Morgan fingerprint density at radius 1 is 1.42 bits per heavy atom. The van der Waals surface area contributed by atoms with E-state index in [1.165, 1.54) is 5.56 Å². The number of aryl methyl sites for hydroxylation is 2. The smallest absolute Gasteiger partial charge is 0.127 e. The molecule has 2 aromatic heterocycles.